The molecule has 1 amide bonds. The van der Waals surface area contributed by atoms with E-state index in [4.69, 9.17) is 5.73 Å². The van der Waals surface area contributed by atoms with Crippen LogP contribution in [-0.4, -0.2) is 24.1 Å². The van der Waals surface area contributed by atoms with Crippen molar-refractivity contribution in [3.63, 3.8) is 0 Å². The van der Waals surface area contributed by atoms with Crippen LogP contribution >= 0.6 is 0 Å². The predicted molar refractivity (Wildman–Crippen MR) is 57.6 cm³/mol. The third kappa shape index (κ3) is 1.86. The normalized spacial score (nSPS) is 20.5. The number of carbonyl (C=O) groups is 1. The zero-order valence-electron chi connectivity index (χ0n) is 8.69. The minimum atomic E-state index is -0.525. The Kier molecular flexibility index (Phi) is 2.78. The number of amides is 1. The van der Waals surface area contributed by atoms with Gasteiger partial charge in [0.1, 0.15) is 11.6 Å². The Balaban J connectivity index is 2.28. The largest absolute Gasteiger partial charge is 0.506 e. The second-order valence-electron chi connectivity index (χ2n) is 3.94. The molecular weight excluding hydrogens is 211 g/mol. The highest BCUT2D eigenvalue weighted by atomic mass is 19.1. The molecule has 86 valence electrons. The van der Waals surface area contributed by atoms with Crippen molar-refractivity contribution in [1.29, 1.82) is 0 Å². The average molecular weight is 224 g/mol. The summed E-state index contributed by atoms with van der Waals surface area (Å²) < 4.78 is 12.8. The molecule has 1 fully saturated rings. The second kappa shape index (κ2) is 4.09. The fourth-order valence-electron chi connectivity index (χ4n) is 1.90. The Bertz CT molecular complexity index is 422. The van der Waals surface area contributed by atoms with Crippen LogP contribution in [0.2, 0.25) is 0 Å². The van der Waals surface area contributed by atoms with Gasteiger partial charge < -0.3 is 15.7 Å². The fraction of sp³-hybridized carbons (Fsp3) is 0.364. The van der Waals surface area contributed by atoms with Crippen molar-refractivity contribution >= 4 is 11.6 Å². The Morgan fingerprint density at radius 3 is 2.88 bits per heavy atom. The van der Waals surface area contributed by atoms with Crippen molar-refractivity contribution in [2.75, 3.05) is 18.0 Å². The van der Waals surface area contributed by atoms with Gasteiger partial charge in [0, 0.05) is 19.0 Å². The number of rotatable bonds is 2. The van der Waals surface area contributed by atoms with Crippen LogP contribution in [0.3, 0.4) is 0 Å². The van der Waals surface area contributed by atoms with Gasteiger partial charge in [-0.1, -0.05) is 0 Å². The maximum absolute atomic E-state index is 12.8. The maximum atomic E-state index is 12.8. The molecule has 5 heteroatoms. The van der Waals surface area contributed by atoms with Crippen molar-refractivity contribution in [3.8, 4) is 5.75 Å². The molecule has 1 saturated heterocycles. The second-order valence-corrected chi connectivity index (χ2v) is 3.94. The highest BCUT2D eigenvalue weighted by molar-refractivity contribution is 5.97. The van der Waals surface area contributed by atoms with Gasteiger partial charge in [0.2, 0.25) is 5.91 Å². The van der Waals surface area contributed by atoms with Gasteiger partial charge in [-0.2, -0.15) is 0 Å². The Labute approximate surface area is 92.5 Å². The molecule has 2 rings (SSSR count). The van der Waals surface area contributed by atoms with E-state index < -0.39 is 5.82 Å². The van der Waals surface area contributed by atoms with Crippen LogP contribution in [0.4, 0.5) is 10.1 Å². The van der Waals surface area contributed by atoms with Gasteiger partial charge in [-0.25, -0.2) is 4.39 Å². The fourth-order valence-corrected chi connectivity index (χ4v) is 1.90. The van der Waals surface area contributed by atoms with Gasteiger partial charge >= 0.3 is 0 Å². The molecule has 1 aromatic carbocycles. The van der Waals surface area contributed by atoms with Crippen LogP contribution in [0, 0.1) is 11.7 Å². The van der Waals surface area contributed by atoms with Gasteiger partial charge in [0.15, 0.2) is 0 Å². The number of hydrogen-bond acceptors (Lipinski definition) is 3. The molecular formula is C11H13FN2O2. The minimum Gasteiger partial charge on any atom is -0.506 e. The zero-order valence-corrected chi connectivity index (χ0v) is 8.69. The molecule has 0 spiro atoms. The smallest absolute Gasteiger partial charge is 0.227 e. The van der Waals surface area contributed by atoms with E-state index in [9.17, 15) is 14.3 Å². The predicted octanol–water partition coefficient (Wildman–Crippen LogP) is 0.843. The molecule has 1 unspecified atom stereocenters. The van der Waals surface area contributed by atoms with E-state index in [0.717, 1.165) is 6.07 Å². The first-order valence-electron chi connectivity index (χ1n) is 5.10. The summed E-state index contributed by atoms with van der Waals surface area (Å²) in [5.74, 6) is -0.719. The molecule has 1 atom stereocenters. The van der Waals surface area contributed by atoms with E-state index in [2.05, 4.69) is 0 Å². The maximum Gasteiger partial charge on any atom is 0.227 e. The van der Waals surface area contributed by atoms with Gasteiger partial charge in [0.05, 0.1) is 5.69 Å². The van der Waals surface area contributed by atoms with Crippen molar-refractivity contribution < 1.29 is 14.3 Å². The van der Waals surface area contributed by atoms with Crippen molar-refractivity contribution in [2.24, 2.45) is 11.7 Å². The first-order chi connectivity index (χ1) is 7.61. The summed E-state index contributed by atoms with van der Waals surface area (Å²) in [7, 11) is 0. The lowest BCUT2D eigenvalue weighted by molar-refractivity contribution is -0.117. The van der Waals surface area contributed by atoms with E-state index in [0.29, 0.717) is 25.2 Å². The van der Waals surface area contributed by atoms with Crippen molar-refractivity contribution in [1.82, 2.24) is 0 Å². The summed E-state index contributed by atoms with van der Waals surface area (Å²) >= 11 is 0. The Hall–Kier alpha value is -1.62. The molecule has 0 aliphatic carbocycles. The monoisotopic (exact) mass is 224 g/mol. The molecule has 1 aliphatic rings. The number of aromatic hydroxyl groups is 1. The van der Waals surface area contributed by atoms with Crippen LogP contribution in [0.1, 0.15) is 6.42 Å². The number of halogens is 1. The van der Waals surface area contributed by atoms with E-state index in [1.165, 1.54) is 17.0 Å². The highest BCUT2D eigenvalue weighted by Gasteiger charge is 2.30. The summed E-state index contributed by atoms with van der Waals surface area (Å²) in [6.45, 7) is 0.915. The number of phenols is 1. The van der Waals surface area contributed by atoms with Crippen LogP contribution in [0.25, 0.3) is 0 Å². The summed E-state index contributed by atoms with van der Waals surface area (Å²) in [5.41, 5.74) is 5.85. The number of nitrogens with two attached hydrogens (primary N) is 1. The van der Waals surface area contributed by atoms with E-state index in [1.807, 2.05) is 0 Å². The lowest BCUT2D eigenvalue weighted by Crippen LogP contribution is -2.25. The van der Waals surface area contributed by atoms with Crippen molar-refractivity contribution in [3.05, 3.63) is 24.0 Å². The molecule has 1 aromatic rings. The summed E-state index contributed by atoms with van der Waals surface area (Å²) in [6, 6.07) is 3.62. The molecule has 1 heterocycles. The van der Waals surface area contributed by atoms with Crippen LogP contribution in [0.5, 0.6) is 5.75 Å². The molecule has 16 heavy (non-hydrogen) atoms. The van der Waals surface area contributed by atoms with E-state index in [-0.39, 0.29) is 17.6 Å². The van der Waals surface area contributed by atoms with Gasteiger partial charge in [-0.3, -0.25) is 4.79 Å². The van der Waals surface area contributed by atoms with E-state index >= 15 is 0 Å². The molecule has 3 N–H and O–H groups in total. The van der Waals surface area contributed by atoms with Crippen molar-refractivity contribution in [2.45, 2.75) is 6.42 Å². The summed E-state index contributed by atoms with van der Waals surface area (Å²) in [4.78, 5) is 13.1. The van der Waals surface area contributed by atoms with Gasteiger partial charge in [-0.15, -0.1) is 0 Å². The quantitative estimate of drug-likeness (QED) is 0.782. The van der Waals surface area contributed by atoms with Crippen LogP contribution in [-0.2, 0) is 4.79 Å². The number of phenolic OH excluding ortho intramolecular Hbond substituents is 1. The lowest BCUT2D eigenvalue weighted by Gasteiger charge is -2.17. The molecule has 1 aliphatic heterocycles. The third-order valence-electron chi connectivity index (χ3n) is 2.77. The zero-order chi connectivity index (χ0) is 11.7. The number of anilines is 1. The topological polar surface area (TPSA) is 66.6 Å². The summed E-state index contributed by atoms with van der Waals surface area (Å²) in [5, 5.41) is 9.56. The summed E-state index contributed by atoms with van der Waals surface area (Å²) in [6.07, 6.45) is 0.382. The number of carbonyl (C=O) groups excluding carboxylic acids is 1. The molecule has 0 saturated carbocycles. The molecule has 0 bridgehead atoms. The number of nitrogens with zero attached hydrogens (tertiary/aromatic N) is 1. The molecule has 4 nitrogen and oxygen atoms in total. The van der Waals surface area contributed by atoms with Crippen LogP contribution < -0.4 is 10.6 Å². The Morgan fingerprint density at radius 1 is 1.56 bits per heavy atom. The molecule has 0 aromatic heterocycles. The average Bonchev–Trinajstić information content (AvgIpc) is 2.60. The first kappa shape index (κ1) is 10.9. The standard InChI is InChI=1S/C11H13FN2O2/c12-8-1-2-9(10(15)4-8)14-6-7(5-13)3-11(14)16/h1-2,4,7,15H,3,5-6,13H2. The number of hydrogen-bond donors (Lipinski definition) is 2. The van der Waals surface area contributed by atoms with Crippen LogP contribution in [0.15, 0.2) is 18.2 Å². The number of benzene rings is 1. The highest BCUT2D eigenvalue weighted by Crippen LogP contribution is 2.32. The first-order valence-corrected chi connectivity index (χ1v) is 5.10. The van der Waals surface area contributed by atoms with Gasteiger partial charge in [-0.05, 0) is 24.6 Å². The Morgan fingerprint density at radius 2 is 2.31 bits per heavy atom. The lowest BCUT2D eigenvalue weighted by atomic mass is 10.1. The van der Waals surface area contributed by atoms with E-state index in [1.54, 1.807) is 0 Å². The molecule has 0 radical (unpaired) electrons. The minimum absolute atomic E-state index is 0.0858. The van der Waals surface area contributed by atoms with Gasteiger partial charge in [0.25, 0.3) is 0 Å². The SMILES string of the molecule is NCC1CC(=O)N(c2ccc(F)cc2O)C1. The third-order valence-corrected chi connectivity index (χ3v) is 2.77.